The van der Waals surface area contributed by atoms with Crippen molar-refractivity contribution in [3.05, 3.63) is 75.6 Å². The molecule has 36 heavy (non-hydrogen) atoms. The highest BCUT2D eigenvalue weighted by atomic mass is 35.5. The van der Waals surface area contributed by atoms with E-state index in [9.17, 15) is 10.1 Å². The van der Waals surface area contributed by atoms with Crippen LogP contribution in [0.2, 0.25) is 5.02 Å². The summed E-state index contributed by atoms with van der Waals surface area (Å²) in [5, 5.41) is 12.6. The van der Waals surface area contributed by atoms with Crippen LogP contribution in [-0.2, 0) is 6.61 Å². The molecule has 5 rings (SSSR count). The zero-order valence-corrected chi connectivity index (χ0v) is 20.5. The number of halogens is 1. The number of nitrogens with zero attached hydrogens (tertiary/aromatic N) is 6. The Morgan fingerprint density at radius 1 is 1.19 bits per heavy atom. The molecule has 1 aliphatic rings. The van der Waals surface area contributed by atoms with Gasteiger partial charge in [-0.15, -0.1) is 0 Å². The molecule has 1 fully saturated rings. The first-order chi connectivity index (χ1) is 17.3. The minimum atomic E-state index is -0.394. The first-order valence-electron chi connectivity index (χ1n) is 11.3. The van der Waals surface area contributed by atoms with Crippen LogP contribution in [0.5, 0.6) is 5.75 Å². The number of ether oxygens (including phenoxy) is 1. The number of nitrogen functional groups attached to an aromatic ring is 1. The maximum absolute atomic E-state index is 11.8. The fourth-order valence-electron chi connectivity index (χ4n) is 4.08. The largest absolute Gasteiger partial charge is 0.486 e. The predicted molar refractivity (Wildman–Crippen MR) is 139 cm³/mol. The van der Waals surface area contributed by atoms with Gasteiger partial charge in [0.05, 0.1) is 21.2 Å². The molecule has 184 valence electrons. The first kappa shape index (κ1) is 23.7. The number of rotatable bonds is 7. The molecule has 3 heterocycles. The molecule has 0 unspecified atom stereocenters. The summed E-state index contributed by atoms with van der Waals surface area (Å²) in [6.07, 6.45) is 1.70. The van der Waals surface area contributed by atoms with Crippen LogP contribution >= 0.6 is 11.6 Å². The Bertz CT molecular complexity index is 1440. The van der Waals surface area contributed by atoms with E-state index in [1.54, 1.807) is 30.5 Å². The second-order valence-corrected chi connectivity index (χ2v) is 9.23. The number of pyridine rings is 1. The van der Waals surface area contributed by atoms with E-state index in [0.29, 0.717) is 57.9 Å². The van der Waals surface area contributed by atoms with Crippen molar-refractivity contribution in [3.63, 3.8) is 0 Å². The Morgan fingerprint density at radius 2 is 2.00 bits per heavy atom. The van der Waals surface area contributed by atoms with Gasteiger partial charge in [0.25, 0.3) is 5.69 Å². The highest BCUT2D eigenvalue weighted by Crippen LogP contribution is 2.38. The number of fused-ring (bicyclic) bond motifs is 1. The van der Waals surface area contributed by atoms with Crippen LogP contribution in [-0.4, -0.2) is 58.0 Å². The van der Waals surface area contributed by atoms with Gasteiger partial charge in [-0.2, -0.15) is 0 Å². The van der Waals surface area contributed by atoms with Crippen molar-refractivity contribution in [3.8, 4) is 17.1 Å². The lowest BCUT2D eigenvalue weighted by molar-refractivity contribution is -0.384. The molecule has 1 saturated heterocycles. The summed E-state index contributed by atoms with van der Waals surface area (Å²) in [7, 11) is 3.99. The van der Waals surface area contributed by atoms with E-state index in [-0.39, 0.29) is 18.1 Å². The van der Waals surface area contributed by atoms with Gasteiger partial charge in [0, 0.05) is 42.3 Å². The van der Waals surface area contributed by atoms with Crippen LogP contribution in [0.25, 0.3) is 22.3 Å². The van der Waals surface area contributed by atoms with Crippen molar-refractivity contribution in [1.82, 2.24) is 19.9 Å². The third-order valence-corrected chi connectivity index (χ3v) is 6.54. The number of benzene rings is 2. The number of anilines is 2. The molecule has 2 aromatic heterocycles. The molecule has 2 aromatic carbocycles. The maximum atomic E-state index is 11.8. The normalized spacial score (nSPS) is 13.7. The Labute approximate surface area is 212 Å². The molecule has 10 nitrogen and oxygen atoms in total. The summed E-state index contributed by atoms with van der Waals surface area (Å²) in [4.78, 5) is 28.8. The van der Waals surface area contributed by atoms with E-state index in [2.05, 4.69) is 19.9 Å². The minimum absolute atomic E-state index is 0.0137. The first-order valence-corrected chi connectivity index (χ1v) is 11.7. The van der Waals surface area contributed by atoms with E-state index in [0.717, 1.165) is 5.69 Å². The van der Waals surface area contributed by atoms with E-state index in [4.69, 9.17) is 22.1 Å². The monoisotopic (exact) mass is 505 g/mol. The molecule has 1 aliphatic heterocycles. The minimum Gasteiger partial charge on any atom is -0.486 e. The zero-order chi connectivity index (χ0) is 25.4. The average molecular weight is 506 g/mol. The standard InChI is InChI=1S/C25H24ClN7O3/c1-31(2)17-12-32(13-17)21-11-20-18(10-22(21)33(34)35)24(27)30-25(29-20)15-6-7-23(19(26)9-15)36-14-16-5-3-4-8-28-16/h3-11,17H,12-14H2,1-2H3,(H2,27,29,30). The Balaban J connectivity index is 1.46. The number of aromatic nitrogens is 3. The summed E-state index contributed by atoms with van der Waals surface area (Å²) < 4.78 is 5.80. The van der Waals surface area contributed by atoms with Crippen LogP contribution in [0.4, 0.5) is 17.2 Å². The lowest BCUT2D eigenvalue weighted by Crippen LogP contribution is -2.57. The molecule has 0 bridgehead atoms. The van der Waals surface area contributed by atoms with Crippen LogP contribution < -0.4 is 15.4 Å². The number of likely N-dealkylation sites (N-methyl/N-ethyl adjacent to an activating group) is 1. The van der Waals surface area contributed by atoms with Gasteiger partial charge in [-0.3, -0.25) is 15.1 Å². The number of hydrogen-bond acceptors (Lipinski definition) is 9. The summed E-state index contributed by atoms with van der Waals surface area (Å²) in [5.74, 6) is 1.03. The number of hydrogen-bond donors (Lipinski definition) is 1. The Kier molecular flexibility index (Phi) is 6.29. The maximum Gasteiger partial charge on any atom is 0.293 e. The highest BCUT2D eigenvalue weighted by Gasteiger charge is 2.33. The quantitative estimate of drug-likeness (QED) is 0.291. The van der Waals surface area contributed by atoms with E-state index in [1.807, 2.05) is 37.2 Å². The molecule has 0 spiro atoms. The van der Waals surface area contributed by atoms with Crippen molar-refractivity contribution in [1.29, 1.82) is 0 Å². The second kappa shape index (κ2) is 9.56. The topological polar surface area (TPSA) is 124 Å². The molecule has 11 heteroatoms. The third kappa shape index (κ3) is 4.60. The fourth-order valence-corrected chi connectivity index (χ4v) is 4.31. The van der Waals surface area contributed by atoms with Crippen molar-refractivity contribution in [2.45, 2.75) is 12.6 Å². The molecular weight excluding hydrogens is 482 g/mol. The van der Waals surface area contributed by atoms with Crippen LogP contribution in [0.3, 0.4) is 0 Å². The van der Waals surface area contributed by atoms with Gasteiger partial charge in [0.2, 0.25) is 0 Å². The van der Waals surface area contributed by atoms with Gasteiger partial charge in [0.15, 0.2) is 5.82 Å². The SMILES string of the molecule is CN(C)C1CN(c2cc3nc(-c4ccc(OCc5ccccn5)c(Cl)c4)nc(N)c3cc2[N+](=O)[O-])C1. The molecule has 0 amide bonds. The van der Waals surface area contributed by atoms with Crippen molar-refractivity contribution in [2.24, 2.45) is 0 Å². The van der Waals surface area contributed by atoms with Gasteiger partial charge in [0.1, 0.15) is 23.9 Å². The highest BCUT2D eigenvalue weighted by molar-refractivity contribution is 6.32. The smallest absolute Gasteiger partial charge is 0.293 e. The Hall–Kier alpha value is -4.02. The van der Waals surface area contributed by atoms with Crippen LogP contribution in [0.15, 0.2) is 54.7 Å². The van der Waals surface area contributed by atoms with E-state index in [1.165, 1.54) is 6.07 Å². The number of nitro groups is 1. The van der Waals surface area contributed by atoms with Gasteiger partial charge in [-0.05, 0) is 50.5 Å². The van der Waals surface area contributed by atoms with Gasteiger partial charge >= 0.3 is 0 Å². The van der Waals surface area contributed by atoms with Gasteiger partial charge in [-0.25, -0.2) is 9.97 Å². The lowest BCUT2D eigenvalue weighted by Gasteiger charge is -2.43. The third-order valence-electron chi connectivity index (χ3n) is 6.24. The molecule has 0 saturated carbocycles. The molecule has 0 radical (unpaired) electrons. The van der Waals surface area contributed by atoms with Gasteiger partial charge in [-0.1, -0.05) is 17.7 Å². The molecule has 2 N–H and O–H groups in total. The summed E-state index contributed by atoms with van der Waals surface area (Å²) >= 11 is 6.47. The van der Waals surface area contributed by atoms with E-state index < -0.39 is 4.92 Å². The Morgan fingerprint density at radius 3 is 2.67 bits per heavy atom. The second-order valence-electron chi connectivity index (χ2n) is 8.83. The van der Waals surface area contributed by atoms with E-state index >= 15 is 0 Å². The number of nitrogens with two attached hydrogens (primary N) is 1. The molecule has 4 aromatic rings. The lowest BCUT2D eigenvalue weighted by atomic mass is 10.0. The van der Waals surface area contributed by atoms with Crippen LogP contribution in [0.1, 0.15) is 5.69 Å². The summed E-state index contributed by atoms with van der Waals surface area (Å²) in [6.45, 7) is 1.68. The summed E-state index contributed by atoms with van der Waals surface area (Å²) in [5.41, 5.74) is 8.68. The predicted octanol–water partition coefficient (Wildman–Crippen LogP) is 4.16. The summed E-state index contributed by atoms with van der Waals surface area (Å²) in [6, 6.07) is 14.4. The van der Waals surface area contributed by atoms with Gasteiger partial charge < -0.3 is 20.3 Å². The average Bonchev–Trinajstić information content (AvgIpc) is 2.82. The fraction of sp³-hybridized carbons (Fsp3) is 0.240. The van der Waals surface area contributed by atoms with Crippen LogP contribution in [0, 0.1) is 10.1 Å². The van der Waals surface area contributed by atoms with Crippen molar-refractivity contribution < 1.29 is 9.66 Å². The number of nitro benzene ring substituents is 1. The van der Waals surface area contributed by atoms with Crippen molar-refractivity contribution in [2.75, 3.05) is 37.8 Å². The van der Waals surface area contributed by atoms with Crippen molar-refractivity contribution >= 4 is 39.7 Å². The molecular formula is C25H24ClN7O3. The zero-order valence-electron chi connectivity index (χ0n) is 19.8. The molecule has 0 aliphatic carbocycles. The molecule has 0 atom stereocenters.